The molecule has 2 heterocycles. The van der Waals surface area contributed by atoms with E-state index >= 15 is 0 Å². The average Bonchev–Trinajstić information content (AvgIpc) is 3.39. The van der Waals surface area contributed by atoms with Crippen LogP contribution in [0.25, 0.3) is 17.0 Å². The molecule has 3 aromatic carbocycles. The molecule has 0 saturated carbocycles. The normalized spacial score (nSPS) is 15.6. The molecule has 1 aromatic heterocycles. The Hall–Kier alpha value is -4.17. The summed E-state index contributed by atoms with van der Waals surface area (Å²) in [7, 11) is 1.65. The zero-order valence-electron chi connectivity index (χ0n) is 20.3. The quantitative estimate of drug-likeness (QED) is 0.311. The van der Waals surface area contributed by atoms with Crippen molar-refractivity contribution >= 4 is 28.6 Å². The van der Waals surface area contributed by atoms with Gasteiger partial charge in [0, 0.05) is 16.9 Å². The Morgan fingerprint density at radius 2 is 1.78 bits per heavy atom. The van der Waals surface area contributed by atoms with Gasteiger partial charge in [0.25, 0.3) is 5.89 Å². The number of nitrogens with zero attached hydrogens (tertiary/aromatic N) is 3. The summed E-state index contributed by atoms with van der Waals surface area (Å²) in [5.41, 5.74) is 4.49. The summed E-state index contributed by atoms with van der Waals surface area (Å²) in [6.45, 7) is 4.58. The van der Waals surface area contributed by atoms with Crippen LogP contribution in [0.2, 0.25) is 0 Å². The number of ether oxygens (including phenoxy) is 2. The standard InChI is InChI=1S/C28H26N4O3S/c1-4-34-22-15-13-19(14-16-22)26-30-27(35-31-26)24-18(2)32(21-10-6-5-7-11-21)28(36)29-25(24)20-9-8-12-23(17-20)33-3/h5-17,25H,4H2,1-3H3,(H,29,36). The molecular weight excluding hydrogens is 472 g/mol. The van der Waals surface area contributed by atoms with Gasteiger partial charge in [-0.05, 0) is 80.2 Å². The highest BCUT2D eigenvalue weighted by molar-refractivity contribution is 7.80. The fourth-order valence-electron chi connectivity index (χ4n) is 4.30. The van der Waals surface area contributed by atoms with Gasteiger partial charge in [-0.15, -0.1) is 0 Å². The largest absolute Gasteiger partial charge is 0.497 e. The summed E-state index contributed by atoms with van der Waals surface area (Å²) < 4.78 is 16.9. The third kappa shape index (κ3) is 4.55. The maximum Gasteiger partial charge on any atom is 0.258 e. The molecular formula is C28H26N4O3S. The Balaban J connectivity index is 1.61. The lowest BCUT2D eigenvalue weighted by Crippen LogP contribution is -2.46. The molecule has 5 rings (SSSR count). The minimum absolute atomic E-state index is 0.304. The molecule has 0 aliphatic carbocycles. The van der Waals surface area contributed by atoms with Crippen LogP contribution in [-0.2, 0) is 0 Å². The van der Waals surface area contributed by atoms with Crippen LogP contribution in [0.5, 0.6) is 11.5 Å². The molecule has 1 aliphatic heterocycles. The zero-order valence-corrected chi connectivity index (χ0v) is 21.1. The van der Waals surface area contributed by atoms with E-state index in [9.17, 15) is 0 Å². The van der Waals surface area contributed by atoms with Gasteiger partial charge in [-0.3, -0.25) is 4.90 Å². The number of hydrogen-bond acceptors (Lipinski definition) is 6. The highest BCUT2D eigenvalue weighted by Gasteiger charge is 2.35. The molecule has 4 aromatic rings. The number of nitrogens with one attached hydrogen (secondary N) is 1. The van der Waals surface area contributed by atoms with E-state index in [2.05, 4.69) is 10.5 Å². The van der Waals surface area contributed by atoms with Gasteiger partial charge in [-0.2, -0.15) is 4.98 Å². The Bertz CT molecular complexity index is 1400. The van der Waals surface area contributed by atoms with Crippen molar-refractivity contribution in [1.82, 2.24) is 15.5 Å². The van der Waals surface area contributed by atoms with Crippen LogP contribution >= 0.6 is 12.2 Å². The summed E-state index contributed by atoms with van der Waals surface area (Å²) in [4.78, 5) is 6.77. The lowest BCUT2D eigenvalue weighted by atomic mass is 9.94. The molecule has 0 bridgehead atoms. The SMILES string of the molecule is CCOc1ccc(-c2noc(C3=C(C)N(c4ccccc4)C(=S)NC3c3cccc(OC)c3)n2)cc1. The Kier molecular flexibility index (Phi) is 6.69. The first-order valence-electron chi connectivity index (χ1n) is 11.7. The van der Waals surface area contributed by atoms with Crippen molar-refractivity contribution < 1.29 is 14.0 Å². The van der Waals surface area contributed by atoms with Crippen molar-refractivity contribution in [3.63, 3.8) is 0 Å². The number of anilines is 1. The van der Waals surface area contributed by atoms with E-state index in [4.69, 9.17) is 31.2 Å². The Labute approximate surface area is 215 Å². The van der Waals surface area contributed by atoms with Gasteiger partial charge in [-0.1, -0.05) is 35.5 Å². The maximum absolute atomic E-state index is 5.84. The first-order chi connectivity index (χ1) is 17.6. The van der Waals surface area contributed by atoms with Gasteiger partial charge in [-0.25, -0.2) is 0 Å². The van der Waals surface area contributed by atoms with Gasteiger partial charge in [0.2, 0.25) is 5.82 Å². The minimum atomic E-state index is -0.304. The predicted octanol–water partition coefficient (Wildman–Crippen LogP) is 6.01. The van der Waals surface area contributed by atoms with Crippen molar-refractivity contribution in [3.05, 3.63) is 96.0 Å². The minimum Gasteiger partial charge on any atom is -0.497 e. The number of hydrogen-bond donors (Lipinski definition) is 1. The van der Waals surface area contributed by atoms with E-state index in [1.165, 1.54) is 0 Å². The fourth-order valence-corrected chi connectivity index (χ4v) is 4.66. The molecule has 36 heavy (non-hydrogen) atoms. The highest BCUT2D eigenvalue weighted by atomic mass is 32.1. The van der Waals surface area contributed by atoms with Crippen molar-refractivity contribution in [2.45, 2.75) is 19.9 Å². The van der Waals surface area contributed by atoms with Gasteiger partial charge in [0.1, 0.15) is 11.5 Å². The number of methoxy groups -OCH3 is 1. The number of para-hydroxylation sites is 1. The number of allylic oxidation sites excluding steroid dienone is 1. The molecule has 8 heteroatoms. The van der Waals surface area contributed by atoms with E-state index in [0.717, 1.165) is 39.6 Å². The van der Waals surface area contributed by atoms with Crippen LogP contribution in [0.4, 0.5) is 5.69 Å². The molecule has 0 spiro atoms. The topological polar surface area (TPSA) is 72.7 Å². The van der Waals surface area contributed by atoms with Gasteiger partial charge in [0.15, 0.2) is 5.11 Å². The summed E-state index contributed by atoms with van der Waals surface area (Å²) in [6, 6.07) is 25.2. The monoisotopic (exact) mass is 498 g/mol. The first-order valence-corrected chi connectivity index (χ1v) is 12.1. The third-order valence-electron chi connectivity index (χ3n) is 6.01. The smallest absolute Gasteiger partial charge is 0.258 e. The molecule has 1 unspecified atom stereocenters. The zero-order chi connectivity index (χ0) is 25.1. The van der Waals surface area contributed by atoms with Crippen molar-refractivity contribution in [3.8, 4) is 22.9 Å². The van der Waals surface area contributed by atoms with Gasteiger partial charge < -0.3 is 19.3 Å². The van der Waals surface area contributed by atoms with Crippen LogP contribution in [0.1, 0.15) is 31.3 Å². The highest BCUT2D eigenvalue weighted by Crippen LogP contribution is 2.39. The van der Waals surface area contributed by atoms with E-state index in [1.54, 1.807) is 7.11 Å². The second-order valence-corrected chi connectivity index (χ2v) is 8.60. The predicted molar refractivity (Wildman–Crippen MR) is 144 cm³/mol. The van der Waals surface area contributed by atoms with Crippen molar-refractivity contribution in [2.75, 3.05) is 18.6 Å². The molecule has 1 N–H and O–H groups in total. The van der Waals surface area contributed by atoms with Gasteiger partial charge >= 0.3 is 0 Å². The van der Waals surface area contributed by atoms with Crippen LogP contribution in [0, 0.1) is 0 Å². The summed E-state index contributed by atoms with van der Waals surface area (Å²) >= 11 is 5.81. The average molecular weight is 499 g/mol. The van der Waals surface area contributed by atoms with Crippen molar-refractivity contribution in [2.24, 2.45) is 0 Å². The molecule has 0 amide bonds. The van der Waals surface area contributed by atoms with E-state index in [0.29, 0.717) is 23.4 Å². The molecule has 0 fully saturated rings. The second-order valence-electron chi connectivity index (χ2n) is 8.21. The lowest BCUT2D eigenvalue weighted by molar-refractivity contribution is 0.340. The summed E-state index contributed by atoms with van der Waals surface area (Å²) in [6.07, 6.45) is 0. The van der Waals surface area contributed by atoms with Crippen LogP contribution in [0.15, 0.2) is 89.1 Å². The maximum atomic E-state index is 5.84. The molecule has 182 valence electrons. The Morgan fingerprint density at radius 1 is 1.00 bits per heavy atom. The van der Waals surface area contributed by atoms with Crippen LogP contribution < -0.4 is 19.7 Å². The second kappa shape index (κ2) is 10.2. The fraction of sp³-hybridized carbons (Fsp3) is 0.179. The van der Waals surface area contributed by atoms with Crippen molar-refractivity contribution in [1.29, 1.82) is 0 Å². The molecule has 1 atom stereocenters. The van der Waals surface area contributed by atoms with E-state index < -0.39 is 0 Å². The number of aromatic nitrogens is 2. The number of benzene rings is 3. The van der Waals surface area contributed by atoms with Gasteiger partial charge in [0.05, 0.1) is 25.3 Å². The summed E-state index contributed by atoms with van der Waals surface area (Å²) in [5.74, 6) is 2.46. The number of thiocarbonyl (C=S) groups is 1. The molecule has 0 saturated heterocycles. The molecule has 1 aliphatic rings. The molecule has 7 nitrogen and oxygen atoms in total. The summed E-state index contributed by atoms with van der Waals surface area (Å²) in [5, 5.41) is 8.35. The van der Waals surface area contributed by atoms with Crippen LogP contribution in [0.3, 0.4) is 0 Å². The molecule has 0 radical (unpaired) electrons. The third-order valence-corrected chi connectivity index (χ3v) is 6.31. The Morgan fingerprint density at radius 3 is 2.50 bits per heavy atom. The van der Waals surface area contributed by atoms with Crippen LogP contribution in [-0.4, -0.2) is 29.0 Å². The van der Waals surface area contributed by atoms with E-state index in [1.807, 2.05) is 97.6 Å². The van der Waals surface area contributed by atoms with E-state index in [-0.39, 0.29) is 6.04 Å². The number of rotatable bonds is 7. The lowest BCUT2D eigenvalue weighted by Gasteiger charge is -2.37. The first kappa shape index (κ1) is 23.6.